The largest absolute Gasteiger partial charge is 0.463 e. The fourth-order valence-electron chi connectivity index (χ4n) is 3.58. The average molecular weight is 441 g/mol. The summed E-state index contributed by atoms with van der Waals surface area (Å²) in [5, 5.41) is 13.6. The Morgan fingerprint density at radius 3 is 2.47 bits per heavy atom. The molecule has 30 heavy (non-hydrogen) atoms. The van der Waals surface area contributed by atoms with Crippen molar-refractivity contribution in [3.63, 3.8) is 0 Å². The lowest BCUT2D eigenvalue weighted by Crippen LogP contribution is -2.33. The van der Waals surface area contributed by atoms with Crippen LogP contribution in [0, 0.1) is 10.1 Å². The number of benzene rings is 1. The summed E-state index contributed by atoms with van der Waals surface area (Å²) in [7, 11) is -3.38. The van der Waals surface area contributed by atoms with E-state index in [4.69, 9.17) is 4.74 Å². The molecule has 10 heteroatoms. The Bertz CT molecular complexity index is 877. The van der Waals surface area contributed by atoms with E-state index in [1.807, 2.05) is 0 Å². The van der Waals surface area contributed by atoms with Gasteiger partial charge in [-0.3, -0.25) is 19.7 Å². The summed E-state index contributed by atoms with van der Waals surface area (Å²) in [6, 6.07) is 4.80. The number of para-hydroxylation sites is 1. The lowest BCUT2D eigenvalue weighted by Gasteiger charge is -2.20. The number of esters is 1. The van der Waals surface area contributed by atoms with Crippen LogP contribution >= 0.6 is 0 Å². The number of rotatable bonds is 10. The van der Waals surface area contributed by atoms with Gasteiger partial charge in [0.2, 0.25) is 5.91 Å². The molecule has 1 aliphatic rings. The number of nitrogens with one attached hydrogen (secondary N) is 1. The molecule has 1 fully saturated rings. The topological polar surface area (TPSA) is 133 Å². The van der Waals surface area contributed by atoms with E-state index in [0.29, 0.717) is 12.8 Å². The Morgan fingerprint density at radius 2 is 1.87 bits per heavy atom. The number of carbonyl (C=O) groups excluding carboxylic acids is 2. The summed E-state index contributed by atoms with van der Waals surface area (Å²) in [6.45, 7) is 3.34. The predicted molar refractivity (Wildman–Crippen MR) is 110 cm³/mol. The third kappa shape index (κ3) is 6.79. The molecule has 2 rings (SSSR count). The number of ether oxygens (including phenoxy) is 1. The molecule has 1 amide bonds. The van der Waals surface area contributed by atoms with Crippen LogP contribution in [0.2, 0.25) is 0 Å². The summed E-state index contributed by atoms with van der Waals surface area (Å²) in [5.41, 5.74) is -0.0751. The zero-order chi connectivity index (χ0) is 22.3. The lowest BCUT2D eigenvalue weighted by atomic mass is 10.0. The molecule has 0 aromatic heterocycles. The van der Waals surface area contributed by atoms with Crippen LogP contribution in [0.5, 0.6) is 0 Å². The molecular formula is C20H28N2O7S. The number of carbonyl (C=O) groups is 2. The molecule has 166 valence electrons. The number of sulfone groups is 1. The minimum absolute atomic E-state index is 0.162. The van der Waals surface area contributed by atoms with Crippen LogP contribution in [0.25, 0.3) is 0 Å². The molecule has 9 nitrogen and oxygen atoms in total. The van der Waals surface area contributed by atoms with Crippen molar-refractivity contribution in [1.29, 1.82) is 0 Å². The summed E-state index contributed by atoms with van der Waals surface area (Å²) < 4.78 is 29.9. The van der Waals surface area contributed by atoms with Crippen molar-refractivity contribution in [2.75, 3.05) is 5.75 Å². The van der Waals surface area contributed by atoms with E-state index >= 15 is 0 Å². The van der Waals surface area contributed by atoms with Crippen molar-refractivity contribution in [2.24, 2.45) is 0 Å². The van der Waals surface area contributed by atoms with Crippen molar-refractivity contribution in [1.82, 2.24) is 5.32 Å². The third-order valence-electron chi connectivity index (χ3n) is 5.01. The molecule has 0 bridgehead atoms. The highest BCUT2D eigenvalue weighted by Crippen LogP contribution is 2.28. The molecule has 0 heterocycles. The summed E-state index contributed by atoms with van der Waals surface area (Å²) >= 11 is 0. The molecule has 1 N–H and O–H groups in total. The minimum atomic E-state index is -3.38. The predicted octanol–water partition coefficient (Wildman–Crippen LogP) is 2.84. The van der Waals surface area contributed by atoms with Crippen LogP contribution in [0.3, 0.4) is 0 Å². The monoisotopic (exact) mass is 440 g/mol. The number of amides is 1. The highest BCUT2D eigenvalue weighted by Gasteiger charge is 2.30. The van der Waals surface area contributed by atoms with E-state index in [1.165, 1.54) is 18.2 Å². The van der Waals surface area contributed by atoms with Gasteiger partial charge in [0.25, 0.3) is 5.69 Å². The Hall–Kier alpha value is -2.49. The van der Waals surface area contributed by atoms with E-state index in [-0.39, 0.29) is 35.9 Å². The number of nitro groups is 1. The summed E-state index contributed by atoms with van der Waals surface area (Å²) in [6.07, 6.45) is 2.02. The maximum atomic E-state index is 12.5. The number of nitrogens with zero attached hydrogens (tertiary/aromatic N) is 1. The van der Waals surface area contributed by atoms with Crippen molar-refractivity contribution in [2.45, 2.75) is 69.8 Å². The quantitative estimate of drug-likeness (QED) is 0.336. The summed E-state index contributed by atoms with van der Waals surface area (Å²) in [5.74, 6) is -1.49. The first-order valence-corrected chi connectivity index (χ1v) is 11.8. The second-order valence-electron chi connectivity index (χ2n) is 7.70. The van der Waals surface area contributed by atoms with Gasteiger partial charge < -0.3 is 10.1 Å². The van der Waals surface area contributed by atoms with E-state index < -0.39 is 37.9 Å². The maximum Gasteiger partial charge on any atom is 0.308 e. The van der Waals surface area contributed by atoms with E-state index in [0.717, 1.165) is 12.8 Å². The molecule has 1 aromatic carbocycles. The first-order valence-electron chi connectivity index (χ1n) is 10.0. The van der Waals surface area contributed by atoms with Crippen LogP contribution in [0.1, 0.15) is 64.0 Å². The second kappa shape index (κ2) is 10.5. The lowest BCUT2D eigenvalue weighted by molar-refractivity contribution is -0.385. The first kappa shape index (κ1) is 23.8. The number of hydrogen-bond acceptors (Lipinski definition) is 7. The van der Waals surface area contributed by atoms with Gasteiger partial charge in [0.15, 0.2) is 9.84 Å². The number of nitro benzene ring substituents is 1. The Balaban J connectivity index is 2.13. The van der Waals surface area contributed by atoms with E-state index in [2.05, 4.69) is 5.32 Å². The normalized spacial score (nSPS) is 15.7. The highest BCUT2D eigenvalue weighted by molar-refractivity contribution is 7.92. The van der Waals surface area contributed by atoms with Gasteiger partial charge in [0, 0.05) is 12.5 Å². The van der Waals surface area contributed by atoms with E-state index in [9.17, 15) is 28.1 Å². The SMILES string of the molecule is CC(C)OC(=O)CC(NC(=O)CCS(=O)(=O)C1CCCC1)c1ccccc1[N+](=O)[O-]. The Morgan fingerprint density at radius 1 is 1.23 bits per heavy atom. The van der Waals surface area contributed by atoms with Crippen molar-refractivity contribution < 1.29 is 27.7 Å². The van der Waals surface area contributed by atoms with Gasteiger partial charge >= 0.3 is 5.97 Å². The van der Waals surface area contributed by atoms with Crippen LogP contribution in [-0.4, -0.2) is 42.3 Å². The zero-order valence-corrected chi connectivity index (χ0v) is 18.0. The Kier molecular flexibility index (Phi) is 8.33. The van der Waals surface area contributed by atoms with Gasteiger partial charge in [0.05, 0.1) is 40.1 Å². The maximum absolute atomic E-state index is 12.5. The van der Waals surface area contributed by atoms with Crippen molar-refractivity contribution in [3.05, 3.63) is 39.9 Å². The van der Waals surface area contributed by atoms with Crippen LogP contribution < -0.4 is 5.32 Å². The van der Waals surface area contributed by atoms with Gasteiger partial charge in [-0.25, -0.2) is 8.42 Å². The van der Waals surface area contributed by atoms with Gasteiger partial charge in [-0.2, -0.15) is 0 Å². The fraction of sp³-hybridized carbons (Fsp3) is 0.600. The molecule has 0 radical (unpaired) electrons. The van der Waals surface area contributed by atoms with Gasteiger partial charge in [0.1, 0.15) is 0 Å². The van der Waals surface area contributed by atoms with Crippen molar-refractivity contribution >= 4 is 27.4 Å². The van der Waals surface area contributed by atoms with Gasteiger partial charge in [-0.05, 0) is 26.7 Å². The van der Waals surface area contributed by atoms with Crippen LogP contribution in [0.4, 0.5) is 5.69 Å². The smallest absolute Gasteiger partial charge is 0.308 e. The number of hydrogen-bond donors (Lipinski definition) is 1. The second-order valence-corrected chi connectivity index (χ2v) is 10.1. The minimum Gasteiger partial charge on any atom is -0.463 e. The molecule has 1 atom stereocenters. The van der Waals surface area contributed by atoms with Crippen LogP contribution in [0.15, 0.2) is 24.3 Å². The van der Waals surface area contributed by atoms with E-state index in [1.54, 1.807) is 19.9 Å². The van der Waals surface area contributed by atoms with Gasteiger partial charge in [-0.15, -0.1) is 0 Å². The summed E-state index contributed by atoms with van der Waals surface area (Å²) in [4.78, 5) is 35.4. The van der Waals surface area contributed by atoms with Crippen molar-refractivity contribution in [3.8, 4) is 0 Å². The Labute approximate surface area is 176 Å². The fourth-order valence-corrected chi connectivity index (χ4v) is 5.44. The zero-order valence-electron chi connectivity index (χ0n) is 17.2. The highest BCUT2D eigenvalue weighted by atomic mass is 32.2. The standard InChI is InChI=1S/C20H28N2O7S/c1-14(2)29-20(24)13-17(16-9-5-6-10-18(16)22(25)26)21-19(23)11-12-30(27,28)15-7-3-4-8-15/h5-6,9-10,14-15,17H,3-4,7-8,11-13H2,1-2H3,(H,21,23). The molecule has 0 aliphatic heterocycles. The molecule has 0 saturated heterocycles. The first-order chi connectivity index (χ1) is 14.1. The molecular weight excluding hydrogens is 412 g/mol. The van der Waals surface area contributed by atoms with Crippen LogP contribution in [-0.2, 0) is 24.2 Å². The molecule has 1 aliphatic carbocycles. The molecule has 1 unspecified atom stereocenters. The third-order valence-corrected chi connectivity index (χ3v) is 7.27. The van der Waals surface area contributed by atoms with Gasteiger partial charge in [-0.1, -0.05) is 31.0 Å². The molecule has 0 spiro atoms. The average Bonchev–Trinajstić information content (AvgIpc) is 3.21. The molecule has 1 saturated carbocycles. The molecule has 1 aromatic rings.